The number of phenolic OH excluding ortho intramolecular Hbond substituents is 1. The zero-order chi connectivity index (χ0) is 19.2. The highest BCUT2D eigenvalue weighted by Gasteiger charge is 2.47. The number of phenols is 1. The van der Waals surface area contributed by atoms with E-state index < -0.39 is 5.60 Å². The van der Waals surface area contributed by atoms with Crippen molar-refractivity contribution in [3.63, 3.8) is 0 Å². The molecule has 0 radical (unpaired) electrons. The molecule has 2 aliphatic heterocycles. The van der Waals surface area contributed by atoms with Crippen LogP contribution in [0.3, 0.4) is 0 Å². The molecule has 3 heterocycles. The number of rotatable bonds is 4. The fourth-order valence-electron chi connectivity index (χ4n) is 3.80. The van der Waals surface area contributed by atoms with Crippen molar-refractivity contribution in [2.45, 2.75) is 24.5 Å². The Balaban J connectivity index is 1.35. The molecule has 2 aliphatic rings. The van der Waals surface area contributed by atoms with Gasteiger partial charge in [-0.15, -0.1) is 0 Å². The third-order valence-corrected chi connectivity index (χ3v) is 6.11. The lowest BCUT2D eigenvalue weighted by atomic mass is 9.89. The number of nitrogens with zero attached hydrogens (tertiary/aromatic N) is 3. The fraction of sp³-hybridized carbons (Fsp3) is 0.471. The molecule has 8 nitrogen and oxygen atoms in total. The molecule has 144 valence electrons. The first-order valence-electron chi connectivity index (χ1n) is 8.64. The Morgan fingerprint density at radius 2 is 2.15 bits per heavy atom. The largest absolute Gasteiger partial charge is 0.508 e. The molecule has 2 atom stereocenters. The highest BCUT2D eigenvalue weighted by molar-refractivity contribution is 6.42. The number of halogens is 2. The number of β-amino-alcohol motifs (C(OH)–C–C–N with tert-alkyl or cyclic N) is 1. The van der Waals surface area contributed by atoms with Crippen molar-refractivity contribution in [2.75, 3.05) is 19.6 Å². The Labute approximate surface area is 165 Å². The summed E-state index contributed by atoms with van der Waals surface area (Å²) in [7, 11) is 0. The van der Waals surface area contributed by atoms with E-state index in [1.807, 2.05) is 0 Å². The fourth-order valence-corrected chi connectivity index (χ4v) is 4.25. The van der Waals surface area contributed by atoms with Crippen LogP contribution in [0.2, 0.25) is 10.0 Å². The monoisotopic (exact) mass is 411 g/mol. The number of carbonyl (C=O) groups excluding carboxylic acids is 1. The van der Waals surface area contributed by atoms with Gasteiger partial charge in [0.2, 0.25) is 5.91 Å². The summed E-state index contributed by atoms with van der Waals surface area (Å²) >= 11 is 12.3. The molecule has 1 amide bonds. The first-order chi connectivity index (χ1) is 12.9. The second-order valence-electron chi connectivity index (χ2n) is 7.20. The lowest BCUT2D eigenvalue weighted by molar-refractivity contribution is -0.158. The Bertz CT molecular complexity index is 855. The number of carbonyl (C=O) groups is 1. The van der Waals surface area contributed by atoms with Gasteiger partial charge in [-0.1, -0.05) is 23.2 Å². The number of aromatic hydroxyl groups is 1. The number of aromatic nitrogens is 3. The zero-order valence-electron chi connectivity index (χ0n) is 14.3. The van der Waals surface area contributed by atoms with Gasteiger partial charge in [0.25, 0.3) is 0 Å². The van der Waals surface area contributed by atoms with Gasteiger partial charge in [-0.25, -0.2) is 0 Å². The predicted molar refractivity (Wildman–Crippen MR) is 98.5 cm³/mol. The van der Waals surface area contributed by atoms with E-state index in [0.29, 0.717) is 40.7 Å². The van der Waals surface area contributed by atoms with Gasteiger partial charge in [0, 0.05) is 18.0 Å². The van der Waals surface area contributed by atoms with Gasteiger partial charge >= 0.3 is 0 Å². The zero-order valence-corrected chi connectivity index (χ0v) is 15.8. The van der Waals surface area contributed by atoms with Gasteiger partial charge in [0.1, 0.15) is 17.0 Å². The highest BCUT2D eigenvalue weighted by atomic mass is 35.5. The standard InChI is InChI=1S/C17H19Cl2N5O3/c18-10-1-2-12(25)15(16(10)19)11-3-9(5-20-11)4-14(26)24-7-17(27,8-24)13-6-21-23-22-13/h1-2,6,9,11,20,25,27H,3-5,7-8H2,(H,21,22,23)/t9-,11+/m0/s1. The van der Waals surface area contributed by atoms with Crippen LogP contribution in [0.5, 0.6) is 5.75 Å². The topological polar surface area (TPSA) is 114 Å². The van der Waals surface area contributed by atoms with Gasteiger partial charge in [-0.2, -0.15) is 15.4 Å². The summed E-state index contributed by atoms with van der Waals surface area (Å²) in [6, 6.07) is 2.92. The number of H-pyrrole nitrogens is 1. The van der Waals surface area contributed by atoms with Crippen molar-refractivity contribution in [3.8, 4) is 5.75 Å². The number of hydrogen-bond acceptors (Lipinski definition) is 6. The quantitative estimate of drug-likeness (QED) is 0.607. The number of aromatic amines is 1. The average molecular weight is 412 g/mol. The third kappa shape index (κ3) is 3.38. The van der Waals surface area contributed by atoms with Crippen molar-refractivity contribution < 1.29 is 15.0 Å². The minimum Gasteiger partial charge on any atom is -0.508 e. The summed E-state index contributed by atoms with van der Waals surface area (Å²) in [4.78, 5) is 14.1. The summed E-state index contributed by atoms with van der Waals surface area (Å²) in [5.41, 5.74) is -0.108. The maximum Gasteiger partial charge on any atom is 0.223 e. The van der Waals surface area contributed by atoms with E-state index in [0.717, 1.165) is 0 Å². The minimum absolute atomic E-state index is 0.0166. The van der Waals surface area contributed by atoms with Crippen LogP contribution >= 0.6 is 23.2 Å². The van der Waals surface area contributed by atoms with E-state index in [1.54, 1.807) is 11.0 Å². The van der Waals surface area contributed by atoms with Crippen LogP contribution in [0.4, 0.5) is 0 Å². The van der Waals surface area contributed by atoms with Crippen LogP contribution in [0.1, 0.15) is 30.1 Å². The summed E-state index contributed by atoms with van der Waals surface area (Å²) in [5, 5.41) is 34.7. The molecule has 0 bridgehead atoms. The van der Waals surface area contributed by atoms with Crippen LogP contribution in [0.15, 0.2) is 18.3 Å². The van der Waals surface area contributed by atoms with E-state index in [9.17, 15) is 15.0 Å². The number of hydrogen-bond donors (Lipinski definition) is 4. The molecule has 1 aromatic carbocycles. The number of nitrogens with one attached hydrogen (secondary N) is 2. The van der Waals surface area contributed by atoms with Crippen molar-refractivity contribution in [1.82, 2.24) is 25.6 Å². The number of benzene rings is 1. The van der Waals surface area contributed by atoms with E-state index in [4.69, 9.17) is 23.2 Å². The smallest absolute Gasteiger partial charge is 0.223 e. The molecular formula is C17H19Cl2N5O3. The van der Waals surface area contributed by atoms with Crippen LogP contribution in [0.25, 0.3) is 0 Å². The van der Waals surface area contributed by atoms with Gasteiger partial charge in [-0.3, -0.25) is 4.79 Å². The maximum absolute atomic E-state index is 12.5. The Morgan fingerprint density at radius 1 is 1.37 bits per heavy atom. The van der Waals surface area contributed by atoms with Gasteiger partial charge < -0.3 is 20.4 Å². The van der Waals surface area contributed by atoms with Crippen LogP contribution in [0, 0.1) is 5.92 Å². The normalized spacial score (nSPS) is 24.0. The summed E-state index contributed by atoms with van der Waals surface area (Å²) in [6.07, 6.45) is 2.49. The van der Waals surface area contributed by atoms with Crippen molar-refractivity contribution in [1.29, 1.82) is 0 Å². The molecule has 4 N–H and O–H groups in total. The molecule has 10 heteroatoms. The van der Waals surface area contributed by atoms with Crippen molar-refractivity contribution in [2.24, 2.45) is 5.92 Å². The minimum atomic E-state index is -1.13. The highest BCUT2D eigenvalue weighted by Crippen LogP contribution is 2.41. The van der Waals surface area contributed by atoms with Crippen LogP contribution in [-0.2, 0) is 10.4 Å². The number of aliphatic hydroxyl groups is 1. The van der Waals surface area contributed by atoms with Gasteiger partial charge in [0.15, 0.2) is 0 Å². The predicted octanol–water partition coefficient (Wildman–Crippen LogP) is 1.59. The van der Waals surface area contributed by atoms with Crippen molar-refractivity contribution >= 4 is 29.1 Å². The molecule has 0 unspecified atom stereocenters. The molecule has 0 spiro atoms. The Morgan fingerprint density at radius 3 is 2.85 bits per heavy atom. The Kier molecular flexibility index (Phi) is 4.75. The Hall–Kier alpha value is -1.87. The SMILES string of the molecule is O=C(C[C@H]1CN[C@@H](c2c(O)ccc(Cl)c2Cl)C1)N1CC(O)(c2cn[nH]n2)C1. The maximum atomic E-state index is 12.5. The van der Waals surface area contributed by atoms with E-state index in [-0.39, 0.29) is 36.7 Å². The lowest BCUT2D eigenvalue weighted by Gasteiger charge is -2.45. The second kappa shape index (κ2) is 6.94. The molecule has 4 rings (SSSR count). The number of likely N-dealkylation sites (tertiary alicyclic amines) is 1. The molecule has 2 aromatic rings. The molecule has 1 aromatic heterocycles. The summed E-state index contributed by atoms with van der Waals surface area (Å²) in [5.74, 6) is 0.184. The first kappa shape index (κ1) is 18.5. The lowest BCUT2D eigenvalue weighted by Crippen LogP contribution is -2.61. The molecule has 2 saturated heterocycles. The van der Waals surface area contributed by atoms with Crippen molar-refractivity contribution in [3.05, 3.63) is 39.6 Å². The molecule has 2 fully saturated rings. The molecule has 27 heavy (non-hydrogen) atoms. The van der Waals surface area contributed by atoms with E-state index >= 15 is 0 Å². The van der Waals surface area contributed by atoms with Gasteiger partial charge in [0.05, 0.1) is 29.3 Å². The van der Waals surface area contributed by atoms with E-state index in [2.05, 4.69) is 20.7 Å². The number of amides is 1. The molecular weight excluding hydrogens is 393 g/mol. The average Bonchev–Trinajstić information content (AvgIpc) is 3.28. The molecule has 0 aliphatic carbocycles. The first-order valence-corrected chi connectivity index (χ1v) is 9.39. The summed E-state index contributed by atoms with van der Waals surface area (Å²) in [6.45, 7) is 1.06. The molecule has 0 saturated carbocycles. The second-order valence-corrected chi connectivity index (χ2v) is 7.98. The summed E-state index contributed by atoms with van der Waals surface area (Å²) < 4.78 is 0. The van der Waals surface area contributed by atoms with Gasteiger partial charge in [-0.05, 0) is 31.0 Å². The van der Waals surface area contributed by atoms with Crippen LogP contribution in [-0.4, -0.2) is 56.1 Å². The van der Waals surface area contributed by atoms with E-state index in [1.165, 1.54) is 12.3 Å². The van der Waals surface area contributed by atoms with Crippen LogP contribution < -0.4 is 5.32 Å². The third-order valence-electron chi connectivity index (χ3n) is 5.29.